The van der Waals surface area contributed by atoms with Crippen LogP contribution < -0.4 is 5.73 Å². The zero-order chi connectivity index (χ0) is 11.7. The summed E-state index contributed by atoms with van der Waals surface area (Å²) in [4.78, 5) is 6.86. The van der Waals surface area contributed by atoms with Crippen LogP contribution in [0.25, 0.3) is 10.9 Å². The van der Waals surface area contributed by atoms with Crippen LogP contribution in [-0.2, 0) is 6.54 Å². The van der Waals surface area contributed by atoms with Crippen LogP contribution in [0, 0.1) is 0 Å². The van der Waals surface area contributed by atoms with Gasteiger partial charge in [0.2, 0.25) is 0 Å². The van der Waals surface area contributed by atoms with E-state index in [2.05, 4.69) is 22.0 Å². The Kier molecular flexibility index (Phi) is 2.69. The lowest BCUT2D eigenvalue weighted by Crippen LogP contribution is -2.18. The van der Waals surface area contributed by atoms with E-state index in [-0.39, 0.29) is 0 Å². The van der Waals surface area contributed by atoms with Crippen LogP contribution in [0.2, 0.25) is 0 Å². The number of para-hydroxylation sites is 1. The highest BCUT2D eigenvalue weighted by Gasteiger charge is 2.13. The van der Waals surface area contributed by atoms with Crippen molar-refractivity contribution >= 4 is 16.7 Å². The zero-order valence-electron chi connectivity index (χ0n) is 9.89. The van der Waals surface area contributed by atoms with Gasteiger partial charge in [0.05, 0.1) is 5.52 Å². The number of nitrogens with two attached hydrogens (primary N) is 1. The summed E-state index contributed by atoms with van der Waals surface area (Å²) in [6.45, 7) is 3.40. The third kappa shape index (κ3) is 2.11. The van der Waals surface area contributed by atoms with E-state index in [4.69, 9.17) is 5.73 Å². The molecule has 0 radical (unpaired) electrons. The largest absolute Gasteiger partial charge is 0.384 e. The Morgan fingerprint density at radius 3 is 2.76 bits per heavy atom. The maximum atomic E-state index is 5.87. The molecule has 2 N–H and O–H groups in total. The van der Waals surface area contributed by atoms with Crippen LogP contribution in [0.5, 0.6) is 0 Å². The molecule has 3 heteroatoms. The molecule has 1 aromatic heterocycles. The molecule has 1 aromatic carbocycles. The molecule has 17 heavy (non-hydrogen) atoms. The van der Waals surface area contributed by atoms with E-state index in [1.54, 1.807) is 0 Å². The highest BCUT2D eigenvalue weighted by molar-refractivity contribution is 5.83. The number of rotatable bonds is 2. The Hall–Kier alpha value is -1.61. The predicted molar refractivity (Wildman–Crippen MR) is 70.7 cm³/mol. The maximum Gasteiger partial charge on any atom is 0.124 e. The third-order valence-corrected chi connectivity index (χ3v) is 3.41. The Balaban J connectivity index is 2.01. The fourth-order valence-electron chi connectivity index (χ4n) is 2.58. The van der Waals surface area contributed by atoms with Gasteiger partial charge in [-0.3, -0.25) is 4.90 Å². The number of aromatic nitrogens is 1. The summed E-state index contributed by atoms with van der Waals surface area (Å²) in [5.74, 6) is 0.623. The second-order valence-electron chi connectivity index (χ2n) is 4.71. The minimum atomic E-state index is 0.623. The smallest absolute Gasteiger partial charge is 0.124 e. The highest BCUT2D eigenvalue weighted by Crippen LogP contribution is 2.22. The van der Waals surface area contributed by atoms with Gasteiger partial charge in [-0.15, -0.1) is 0 Å². The normalized spacial score (nSPS) is 16.7. The molecule has 1 saturated heterocycles. The minimum Gasteiger partial charge on any atom is -0.384 e. The molecule has 1 aliphatic heterocycles. The lowest BCUT2D eigenvalue weighted by molar-refractivity contribution is 0.332. The van der Waals surface area contributed by atoms with Crippen molar-refractivity contribution in [3.63, 3.8) is 0 Å². The Morgan fingerprint density at radius 2 is 1.94 bits per heavy atom. The van der Waals surface area contributed by atoms with Crippen LogP contribution in [0.1, 0.15) is 18.4 Å². The SMILES string of the molecule is Nc1cc(CN2CCCC2)c2ccccc2n1. The minimum absolute atomic E-state index is 0.623. The molecule has 88 valence electrons. The first kappa shape index (κ1) is 10.5. The number of likely N-dealkylation sites (tertiary alicyclic amines) is 1. The predicted octanol–water partition coefficient (Wildman–Crippen LogP) is 2.41. The summed E-state index contributed by atoms with van der Waals surface area (Å²) in [5, 5.41) is 1.23. The number of benzene rings is 1. The van der Waals surface area contributed by atoms with Crippen molar-refractivity contribution in [1.82, 2.24) is 9.88 Å². The summed E-state index contributed by atoms with van der Waals surface area (Å²) in [6.07, 6.45) is 2.64. The van der Waals surface area contributed by atoms with Gasteiger partial charge in [-0.1, -0.05) is 18.2 Å². The molecule has 3 rings (SSSR count). The van der Waals surface area contributed by atoms with E-state index in [0.717, 1.165) is 12.1 Å². The average molecular weight is 227 g/mol. The summed E-state index contributed by atoms with van der Waals surface area (Å²) in [7, 11) is 0. The van der Waals surface area contributed by atoms with Crippen molar-refractivity contribution in [2.75, 3.05) is 18.8 Å². The number of pyridine rings is 1. The van der Waals surface area contributed by atoms with Gasteiger partial charge in [-0.2, -0.15) is 0 Å². The van der Waals surface area contributed by atoms with Crippen LogP contribution in [0.4, 0.5) is 5.82 Å². The number of hydrogen-bond acceptors (Lipinski definition) is 3. The second kappa shape index (κ2) is 4.34. The van der Waals surface area contributed by atoms with Gasteiger partial charge >= 0.3 is 0 Å². The standard InChI is InChI=1S/C14H17N3/c15-14-9-11(10-17-7-3-4-8-17)12-5-1-2-6-13(12)16-14/h1-2,5-6,9H,3-4,7-8,10H2,(H2,15,16). The van der Waals surface area contributed by atoms with Crippen LogP contribution in [-0.4, -0.2) is 23.0 Å². The lowest BCUT2D eigenvalue weighted by atomic mass is 10.1. The number of hydrogen-bond donors (Lipinski definition) is 1. The molecule has 0 saturated carbocycles. The molecule has 0 atom stereocenters. The molecular weight excluding hydrogens is 210 g/mol. The first-order valence-corrected chi connectivity index (χ1v) is 6.19. The fourth-order valence-corrected chi connectivity index (χ4v) is 2.58. The van der Waals surface area contributed by atoms with Gasteiger partial charge in [0.25, 0.3) is 0 Å². The molecule has 1 aliphatic rings. The summed E-state index contributed by atoms with van der Waals surface area (Å²) >= 11 is 0. The van der Waals surface area contributed by atoms with Crippen molar-refractivity contribution in [2.45, 2.75) is 19.4 Å². The van der Waals surface area contributed by atoms with E-state index >= 15 is 0 Å². The molecule has 0 amide bonds. The van der Waals surface area contributed by atoms with E-state index in [9.17, 15) is 0 Å². The topological polar surface area (TPSA) is 42.1 Å². The molecule has 0 unspecified atom stereocenters. The number of nitrogens with zero attached hydrogens (tertiary/aromatic N) is 2. The second-order valence-corrected chi connectivity index (χ2v) is 4.71. The van der Waals surface area contributed by atoms with Crippen molar-refractivity contribution < 1.29 is 0 Å². The van der Waals surface area contributed by atoms with E-state index in [1.165, 1.54) is 36.9 Å². The lowest BCUT2D eigenvalue weighted by Gasteiger charge is -2.16. The number of fused-ring (bicyclic) bond motifs is 1. The zero-order valence-corrected chi connectivity index (χ0v) is 9.89. The maximum absolute atomic E-state index is 5.87. The van der Waals surface area contributed by atoms with Gasteiger partial charge in [-0.25, -0.2) is 4.98 Å². The van der Waals surface area contributed by atoms with Crippen molar-refractivity contribution in [1.29, 1.82) is 0 Å². The van der Waals surface area contributed by atoms with Gasteiger partial charge in [-0.05, 0) is 43.6 Å². The molecule has 2 heterocycles. The van der Waals surface area contributed by atoms with Crippen molar-refractivity contribution in [2.24, 2.45) is 0 Å². The molecule has 0 aliphatic carbocycles. The van der Waals surface area contributed by atoms with Crippen molar-refractivity contribution in [3.05, 3.63) is 35.9 Å². The molecule has 0 bridgehead atoms. The van der Waals surface area contributed by atoms with Crippen LogP contribution in [0.15, 0.2) is 30.3 Å². The van der Waals surface area contributed by atoms with E-state index < -0.39 is 0 Å². The molecule has 2 aromatic rings. The van der Waals surface area contributed by atoms with Gasteiger partial charge in [0.1, 0.15) is 5.82 Å². The molecule has 1 fully saturated rings. The quantitative estimate of drug-likeness (QED) is 0.856. The summed E-state index contributed by atoms with van der Waals surface area (Å²) in [5.41, 5.74) is 8.17. The Labute approximate surface area is 101 Å². The summed E-state index contributed by atoms with van der Waals surface area (Å²) < 4.78 is 0. The number of nitrogen functional groups attached to an aromatic ring is 1. The monoisotopic (exact) mass is 227 g/mol. The number of anilines is 1. The van der Waals surface area contributed by atoms with Crippen LogP contribution >= 0.6 is 0 Å². The first-order chi connectivity index (χ1) is 8.33. The van der Waals surface area contributed by atoms with Gasteiger partial charge in [0, 0.05) is 11.9 Å². The molecule has 0 spiro atoms. The Bertz CT molecular complexity index is 530. The third-order valence-electron chi connectivity index (χ3n) is 3.41. The van der Waals surface area contributed by atoms with E-state index in [1.807, 2.05) is 18.2 Å². The van der Waals surface area contributed by atoms with E-state index in [0.29, 0.717) is 5.82 Å². The van der Waals surface area contributed by atoms with Crippen molar-refractivity contribution in [3.8, 4) is 0 Å². The summed E-state index contributed by atoms with van der Waals surface area (Å²) in [6, 6.07) is 10.2. The first-order valence-electron chi connectivity index (χ1n) is 6.19. The average Bonchev–Trinajstić information content (AvgIpc) is 2.81. The fraction of sp³-hybridized carbons (Fsp3) is 0.357. The Morgan fingerprint density at radius 1 is 1.18 bits per heavy atom. The van der Waals surface area contributed by atoms with Gasteiger partial charge < -0.3 is 5.73 Å². The highest BCUT2D eigenvalue weighted by atomic mass is 15.1. The molecule has 3 nitrogen and oxygen atoms in total. The molecular formula is C14H17N3. The van der Waals surface area contributed by atoms with Gasteiger partial charge in [0.15, 0.2) is 0 Å². The van der Waals surface area contributed by atoms with Crippen LogP contribution in [0.3, 0.4) is 0 Å².